The molecule has 11 aromatic carbocycles. The summed E-state index contributed by atoms with van der Waals surface area (Å²) in [5.74, 6) is 0. The van der Waals surface area contributed by atoms with E-state index in [1.54, 1.807) is 0 Å². The van der Waals surface area contributed by atoms with Gasteiger partial charge in [-0.05, 0) is 133 Å². The summed E-state index contributed by atoms with van der Waals surface area (Å²) in [5.41, 5.74) is 16.5. The Morgan fingerprint density at radius 1 is 0.308 bits per heavy atom. The van der Waals surface area contributed by atoms with Gasteiger partial charge in [0.15, 0.2) is 0 Å². The van der Waals surface area contributed by atoms with Crippen LogP contribution in [0.15, 0.2) is 255 Å². The topological polar surface area (TPSA) is 8.17 Å². The van der Waals surface area contributed by atoms with Gasteiger partial charge < -0.3 is 9.47 Å². The predicted octanol–water partition coefficient (Wildman–Crippen LogP) is 16.6. The molecule has 1 aliphatic carbocycles. The zero-order chi connectivity index (χ0) is 42.9. The van der Waals surface area contributed by atoms with E-state index < -0.39 is 5.41 Å². The molecule has 0 fully saturated rings. The van der Waals surface area contributed by atoms with E-state index in [0.717, 1.165) is 22.7 Å². The first-order chi connectivity index (χ1) is 32.2. The van der Waals surface area contributed by atoms with Gasteiger partial charge in [0, 0.05) is 33.5 Å². The molecule has 304 valence electrons. The molecular weight excluding hydrogens is 785 g/mol. The normalized spacial score (nSPS) is 12.7. The highest BCUT2D eigenvalue weighted by atomic mass is 15.1. The summed E-state index contributed by atoms with van der Waals surface area (Å²) in [6, 6.07) is 93.9. The Bertz CT molecular complexity index is 3650. The van der Waals surface area contributed by atoms with Gasteiger partial charge in [0.05, 0.1) is 16.4 Å². The van der Waals surface area contributed by atoms with Crippen LogP contribution >= 0.6 is 0 Å². The summed E-state index contributed by atoms with van der Waals surface area (Å²) in [4.78, 5) is 2.37. The van der Waals surface area contributed by atoms with Gasteiger partial charge in [-0.3, -0.25) is 0 Å². The molecule has 0 aliphatic heterocycles. The van der Waals surface area contributed by atoms with Crippen molar-refractivity contribution in [2.75, 3.05) is 4.90 Å². The highest BCUT2D eigenvalue weighted by molar-refractivity contribution is 6.10. The highest BCUT2D eigenvalue weighted by Crippen LogP contribution is 2.56. The first kappa shape index (κ1) is 37.1. The second-order valence-electron chi connectivity index (χ2n) is 17.3. The summed E-state index contributed by atoms with van der Waals surface area (Å²) < 4.78 is 2.46. The van der Waals surface area contributed by atoms with Crippen molar-refractivity contribution in [2.45, 2.75) is 5.41 Å². The number of benzene rings is 11. The molecular formula is C63H42N2. The molecule has 0 saturated carbocycles. The monoisotopic (exact) mass is 826 g/mol. The van der Waals surface area contributed by atoms with Gasteiger partial charge in [-0.25, -0.2) is 0 Å². The minimum Gasteiger partial charge on any atom is -0.310 e. The molecule has 0 spiro atoms. The minimum absolute atomic E-state index is 0.472. The number of anilines is 3. The van der Waals surface area contributed by atoms with Crippen molar-refractivity contribution in [3.05, 3.63) is 277 Å². The fourth-order valence-corrected chi connectivity index (χ4v) is 10.9. The van der Waals surface area contributed by atoms with Crippen molar-refractivity contribution in [1.82, 2.24) is 4.57 Å². The molecule has 2 heteroatoms. The molecule has 65 heavy (non-hydrogen) atoms. The summed E-state index contributed by atoms with van der Waals surface area (Å²) >= 11 is 0. The Labute approximate surface area is 378 Å². The van der Waals surface area contributed by atoms with Crippen molar-refractivity contribution in [3.8, 4) is 27.9 Å². The molecule has 0 N–H and O–H groups in total. The van der Waals surface area contributed by atoms with Crippen molar-refractivity contribution in [3.63, 3.8) is 0 Å². The number of hydrogen-bond donors (Lipinski definition) is 0. The van der Waals surface area contributed by atoms with E-state index in [9.17, 15) is 0 Å². The van der Waals surface area contributed by atoms with Gasteiger partial charge in [-0.1, -0.05) is 188 Å². The third kappa shape index (κ3) is 5.81. The number of rotatable bonds is 7. The van der Waals surface area contributed by atoms with Crippen LogP contribution < -0.4 is 4.90 Å². The lowest BCUT2D eigenvalue weighted by molar-refractivity contribution is 0.767. The van der Waals surface area contributed by atoms with E-state index in [4.69, 9.17) is 0 Å². The lowest BCUT2D eigenvalue weighted by Crippen LogP contribution is -2.28. The van der Waals surface area contributed by atoms with Crippen LogP contribution in [0.1, 0.15) is 22.3 Å². The first-order valence-corrected chi connectivity index (χ1v) is 22.5. The molecule has 1 aromatic heterocycles. The molecule has 2 nitrogen and oxygen atoms in total. The molecule has 13 rings (SSSR count). The number of para-hydroxylation sites is 1. The molecule has 0 unspecified atom stereocenters. The number of fused-ring (bicyclic) bond motifs is 8. The maximum absolute atomic E-state index is 2.46. The number of hydrogen-bond acceptors (Lipinski definition) is 1. The Morgan fingerprint density at radius 2 is 0.831 bits per heavy atom. The van der Waals surface area contributed by atoms with Crippen LogP contribution in [-0.2, 0) is 5.41 Å². The maximum Gasteiger partial charge on any atom is 0.0714 e. The average molecular weight is 827 g/mol. The molecule has 12 aromatic rings. The molecule has 1 aliphatic rings. The average Bonchev–Trinajstić information content (AvgIpc) is 3.87. The lowest BCUT2D eigenvalue weighted by Gasteiger charge is -2.34. The summed E-state index contributed by atoms with van der Waals surface area (Å²) in [6.07, 6.45) is 0. The van der Waals surface area contributed by atoms with Gasteiger partial charge in [0.1, 0.15) is 0 Å². The predicted molar refractivity (Wildman–Crippen MR) is 273 cm³/mol. The van der Waals surface area contributed by atoms with Crippen LogP contribution in [0.3, 0.4) is 0 Å². The number of aromatic nitrogens is 1. The molecule has 0 amide bonds. The SMILES string of the molecule is c1ccc(C2(c3ccccc3)c3ccccc3-c3ccc(-n4c5ccccc5c5cc(-c6ccc(N(c7ccc8ccccc8c7)c7ccc8ccccc8c7)cc6)ccc54)cc32)cc1. The van der Waals surface area contributed by atoms with Gasteiger partial charge in [0.2, 0.25) is 0 Å². The lowest BCUT2D eigenvalue weighted by atomic mass is 9.67. The van der Waals surface area contributed by atoms with E-state index in [1.165, 1.54) is 87.9 Å². The van der Waals surface area contributed by atoms with E-state index in [1.807, 2.05) is 0 Å². The highest BCUT2D eigenvalue weighted by Gasteiger charge is 2.46. The number of nitrogens with zero attached hydrogens (tertiary/aromatic N) is 2. The van der Waals surface area contributed by atoms with E-state index in [0.29, 0.717) is 0 Å². The summed E-state index contributed by atoms with van der Waals surface area (Å²) in [7, 11) is 0. The molecule has 0 saturated heterocycles. The van der Waals surface area contributed by atoms with Crippen molar-refractivity contribution < 1.29 is 0 Å². The Balaban J connectivity index is 0.936. The summed E-state index contributed by atoms with van der Waals surface area (Å²) in [6.45, 7) is 0. The van der Waals surface area contributed by atoms with Crippen LogP contribution in [0.25, 0.3) is 71.3 Å². The Morgan fingerprint density at radius 3 is 1.51 bits per heavy atom. The second-order valence-corrected chi connectivity index (χ2v) is 17.3. The van der Waals surface area contributed by atoms with Crippen molar-refractivity contribution in [1.29, 1.82) is 0 Å². The first-order valence-electron chi connectivity index (χ1n) is 22.5. The second kappa shape index (κ2) is 14.8. The van der Waals surface area contributed by atoms with Gasteiger partial charge in [-0.2, -0.15) is 0 Å². The molecule has 0 bridgehead atoms. The van der Waals surface area contributed by atoms with Crippen LogP contribution in [-0.4, -0.2) is 4.57 Å². The van der Waals surface area contributed by atoms with Crippen LogP contribution in [0, 0.1) is 0 Å². The fourth-order valence-electron chi connectivity index (χ4n) is 10.9. The zero-order valence-corrected chi connectivity index (χ0v) is 35.6. The van der Waals surface area contributed by atoms with Crippen LogP contribution in [0.2, 0.25) is 0 Å². The minimum atomic E-state index is -0.472. The van der Waals surface area contributed by atoms with Gasteiger partial charge >= 0.3 is 0 Å². The Kier molecular flexibility index (Phi) is 8.47. The van der Waals surface area contributed by atoms with E-state index in [2.05, 4.69) is 264 Å². The molecule has 0 radical (unpaired) electrons. The van der Waals surface area contributed by atoms with E-state index in [-0.39, 0.29) is 0 Å². The smallest absolute Gasteiger partial charge is 0.0714 e. The van der Waals surface area contributed by atoms with E-state index >= 15 is 0 Å². The maximum atomic E-state index is 2.46. The third-order valence-electron chi connectivity index (χ3n) is 13.8. The van der Waals surface area contributed by atoms with Crippen LogP contribution in [0.4, 0.5) is 17.1 Å². The van der Waals surface area contributed by atoms with Gasteiger partial charge in [0.25, 0.3) is 0 Å². The zero-order valence-electron chi connectivity index (χ0n) is 35.6. The van der Waals surface area contributed by atoms with Crippen molar-refractivity contribution in [2.24, 2.45) is 0 Å². The quantitative estimate of drug-likeness (QED) is 0.155. The van der Waals surface area contributed by atoms with Crippen molar-refractivity contribution >= 4 is 60.4 Å². The summed E-state index contributed by atoms with van der Waals surface area (Å²) in [5, 5.41) is 7.37. The molecule has 1 heterocycles. The van der Waals surface area contributed by atoms with Gasteiger partial charge in [-0.15, -0.1) is 0 Å². The molecule has 0 atom stereocenters. The fraction of sp³-hybridized carbons (Fsp3) is 0.0159. The third-order valence-corrected chi connectivity index (χ3v) is 13.8. The Hall–Kier alpha value is -8.46. The standard InChI is InChI=1S/C63H42N2/c1-3-19-49(20-4-1)63(50-21-5-2-6-22-50)59-25-13-11-23-55(59)56-37-36-54(42-60(56)63)65-61-26-14-12-24-57(61)58-41-48(31-38-62(58)65)45-27-32-51(33-28-45)64(52-34-29-43-15-7-9-17-46(43)39-52)53-35-30-44-16-8-10-18-47(44)40-53/h1-42H. The van der Waals surface area contributed by atoms with Crippen LogP contribution in [0.5, 0.6) is 0 Å². The largest absolute Gasteiger partial charge is 0.310 e.